The van der Waals surface area contributed by atoms with Gasteiger partial charge in [0.1, 0.15) is 23.3 Å². The maximum atomic E-state index is 14.1. The van der Waals surface area contributed by atoms with Gasteiger partial charge in [0.15, 0.2) is 6.29 Å². The lowest BCUT2D eigenvalue weighted by molar-refractivity contribution is -0.164. The van der Waals surface area contributed by atoms with Crippen molar-refractivity contribution in [3.8, 4) is 0 Å². The first-order valence-corrected chi connectivity index (χ1v) is 39.9. The van der Waals surface area contributed by atoms with Crippen LogP contribution in [0.25, 0.3) is 0 Å². The van der Waals surface area contributed by atoms with Crippen LogP contribution in [0.5, 0.6) is 0 Å². The molecule has 2 aromatic rings. The van der Waals surface area contributed by atoms with Gasteiger partial charge in [-0.15, -0.1) is 0 Å². The minimum Gasteiger partial charge on any atom is -0.468 e. The highest BCUT2D eigenvalue weighted by Crippen LogP contribution is 2.48. The molecule has 105 heavy (non-hydrogen) atoms. The molecule has 4 aliphatic heterocycles. The van der Waals surface area contributed by atoms with E-state index in [-0.39, 0.29) is 65.6 Å². The van der Waals surface area contributed by atoms with Gasteiger partial charge in [-0.1, -0.05) is 94.8 Å². The van der Waals surface area contributed by atoms with Gasteiger partial charge in [-0.05, 0) is 193 Å². The summed E-state index contributed by atoms with van der Waals surface area (Å²) >= 11 is 5.73. The Morgan fingerprint density at radius 1 is 0.829 bits per heavy atom. The minimum atomic E-state index is -1.06. The number of methoxy groups -OCH3 is 1. The lowest BCUT2D eigenvalue weighted by Gasteiger charge is -2.38. The number of nitrogens with one attached hydrogen (secondary N) is 2. The number of ether oxygens (including phenoxy) is 4. The van der Waals surface area contributed by atoms with Crippen LogP contribution in [-0.4, -0.2) is 194 Å². The molecular formula is C84H122N10O10S. The van der Waals surface area contributed by atoms with E-state index in [2.05, 4.69) is 112 Å². The third-order valence-electron chi connectivity index (χ3n) is 23.3. The topological polar surface area (TPSA) is 227 Å². The summed E-state index contributed by atoms with van der Waals surface area (Å²) in [6.07, 6.45) is 38.7. The van der Waals surface area contributed by atoms with Crippen LogP contribution in [0.1, 0.15) is 198 Å². The quantitative estimate of drug-likeness (QED) is 0.0161. The van der Waals surface area contributed by atoms with Crippen molar-refractivity contribution in [2.45, 2.75) is 214 Å². The smallest absolute Gasteiger partial charge is 0.257 e. The number of fused-ring (bicyclic) bond motifs is 1. The van der Waals surface area contributed by atoms with E-state index >= 15 is 0 Å². The first-order valence-electron chi connectivity index (χ1n) is 39.5. The number of allylic oxidation sites excluding steroid dienone is 7. The number of hydrogen-bond donors (Lipinski definition) is 2. The number of aliphatic imine (C=N–C) groups is 2. The predicted octanol–water partition coefficient (Wildman–Crippen LogP) is 12.6. The van der Waals surface area contributed by atoms with E-state index in [0.29, 0.717) is 137 Å². The van der Waals surface area contributed by atoms with Crippen LogP contribution < -0.4 is 15.5 Å². The van der Waals surface area contributed by atoms with Crippen LogP contribution in [0.3, 0.4) is 0 Å². The van der Waals surface area contributed by atoms with Crippen molar-refractivity contribution in [1.82, 2.24) is 35.3 Å². The molecule has 0 bridgehead atoms. The summed E-state index contributed by atoms with van der Waals surface area (Å²) < 4.78 is 24.3. The van der Waals surface area contributed by atoms with Gasteiger partial charge >= 0.3 is 0 Å². The van der Waals surface area contributed by atoms with Gasteiger partial charge in [0.2, 0.25) is 17.6 Å². The number of hydrogen-bond acceptors (Lipinski definition) is 18. The second kappa shape index (κ2) is 40.9. The monoisotopic (exact) mass is 1460 g/mol. The maximum Gasteiger partial charge on any atom is 0.257 e. The number of thiocarbonyl (C=S) groups is 1. The molecule has 21 heteroatoms. The van der Waals surface area contributed by atoms with E-state index < -0.39 is 11.4 Å². The Labute approximate surface area is 631 Å². The zero-order valence-corrected chi connectivity index (χ0v) is 65.4. The van der Waals surface area contributed by atoms with Crippen molar-refractivity contribution in [3.63, 3.8) is 0 Å². The van der Waals surface area contributed by atoms with Crippen molar-refractivity contribution in [2.24, 2.45) is 56.8 Å². The Balaban J connectivity index is 0.617. The van der Waals surface area contributed by atoms with Gasteiger partial charge in [0.05, 0.1) is 56.8 Å². The van der Waals surface area contributed by atoms with E-state index in [1.807, 2.05) is 47.2 Å². The van der Waals surface area contributed by atoms with Gasteiger partial charge in [0, 0.05) is 134 Å². The summed E-state index contributed by atoms with van der Waals surface area (Å²) in [6.45, 7) is 25.2. The standard InChI is InChI=1S/C84H122N10O10S/c1-10-64-18-19-70-56-94(35-27-69(70)47-64)80(100)71-54-88-81(89-55-71)93-40-38-91(39-41-93)42-44-102-43-28-79(99)92-36-33-85-51-65(52-87-58-86-34-37-92)53-90-82(105)103-72-25-31-83(7,32-26-72)30-24-68(66-20-21-66)48-75(96)63(6)46-61(4)74(67-22-23-67)50-76(97)62(5)45-59(2)15-12-11-13-16-60(3)77(101-9)49-73-17-14-29-84(8,104-73)78(98)57-95/h11-13,15-16,18-19,46-47,51-52,54-55,57-59,62-63,66-68,72-74,77H,10,14,17,20-45,48-50,53,56H2,1-9H3,(H,86,87)(H,90,105)/b13-11+,15-12+,60-16+,61-46+,65-52+,85-51?. The van der Waals surface area contributed by atoms with Crippen LogP contribution >= 0.6 is 12.2 Å². The molecule has 0 radical (unpaired) electrons. The van der Waals surface area contributed by atoms with Crippen LogP contribution in [0.2, 0.25) is 0 Å². The van der Waals surface area contributed by atoms with E-state index in [9.17, 15) is 28.8 Å². The molecule has 20 nitrogen and oxygen atoms in total. The average molecular weight is 1460 g/mol. The van der Waals surface area contributed by atoms with Crippen molar-refractivity contribution in [3.05, 3.63) is 112 Å². The molecule has 5 heterocycles. The summed E-state index contributed by atoms with van der Waals surface area (Å²) in [5.74, 6) is 2.41. The number of rotatable bonds is 36. The molecule has 8 atom stereocenters. The highest BCUT2D eigenvalue weighted by molar-refractivity contribution is 7.80. The Kier molecular flexibility index (Phi) is 32.0. The molecule has 2 amide bonds. The molecule has 7 aliphatic rings. The summed E-state index contributed by atoms with van der Waals surface area (Å²) in [5.41, 5.74) is 6.61. The minimum absolute atomic E-state index is 0.0141. The number of Topliss-reactive ketones (excluding diaryl/α,β-unsaturated/α-hetero) is 3. The molecule has 2 saturated heterocycles. The number of benzene rings is 1. The van der Waals surface area contributed by atoms with Crippen LogP contribution in [0, 0.1) is 46.8 Å². The summed E-state index contributed by atoms with van der Waals surface area (Å²) in [6, 6.07) is 6.59. The molecule has 0 spiro atoms. The summed E-state index contributed by atoms with van der Waals surface area (Å²) in [4.78, 5) is 105. The van der Waals surface area contributed by atoms with Crippen LogP contribution in [0.15, 0.2) is 100.0 Å². The van der Waals surface area contributed by atoms with Crippen molar-refractivity contribution in [2.75, 3.05) is 97.2 Å². The Morgan fingerprint density at radius 3 is 2.29 bits per heavy atom. The third kappa shape index (κ3) is 25.9. The maximum absolute atomic E-state index is 14.1. The van der Waals surface area contributed by atoms with Gasteiger partial charge in [-0.25, -0.2) is 9.97 Å². The number of aryl methyl sites for hydroxylation is 1. The second-order valence-electron chi connectivity index (χ2n) is 31.7. The highest BCUT2D eigenvalue weighted by Gasteiger charge is 2.41. The number of nitrogens with zero attached hydrogens (tertiary/aromatic N) is 8. The van der Waals surface area contributed by atoms with Crippen LogP contribution in [0.4, 0.5) is 5.95 Å². The van der Waals surface area contributed by atoms with Crippen molar-refractivity contribution in [1.29, 1.82) is 0 Å². The van der Waals surface area contributed by atoms with Crippen molar-refractivity contribution >= 4 is 71.3 Å². The number of aldehydes is 1. The molecule has 2 N–H and O–H groups in total. The van der Waals surface area contributed by atoms with Crippen LogP contribution in [-0.2, 0) is 62.3 Å². The first kappa shape index (κ1) is 82.2. The zero-order valence-electron chi connectivity index (χ0n) is 64.5. The molecule has 3 aliphatic carbocycles. The number of ketones is 3. The molecular weight excluding hydrogens is 1340 g/mol. The fourth-order valence-corrected chi connectivity index (χ4v) is 16.1. The molecule has 574 valence electrons. The predicted molar refractivity (Wildman–Crippen MR) is 419 cm³/mol. The normalized spacial score (nSPS) is 24.6. The van der Waals surface area contributed by atoms with Gasteiger partial charge in [0.25, 0.3) is 11.1 Å². The number of carbonyl (C=O) groups is 6. The van der Waals surface area contributed by atoms with Gasteiger partial charge in [-0.2, -0.15) is 0 Å². The number of piperazine rings is 1. The number of amides is 2. The molecule has 9 rings (SSSR count). The fourth-order valence-electron chi connectivity index (χ4n) is 15.9. The largest absolute Gasteiger partial charge is 0.468 e. The number of anilines is 1. The average Bonchev–Trinajstić information content (AvgIpc) is 1.64. The third-order valence-corrected chi connectivity index (χ3v) is 23.6. The fraction of sp³-hybridized carbons (Fsp3) is 0.655. The lowest BCUT2D eigenvalue weighted by Crippen LogP contribution is -2.48. The highest BCUT2D eigenvalue weighted by atomic mass is 32.1. The summed E-state index contributed by atoms with van der Waals surface area (Å²) in [5, 5.41) is 6.81. The van der Waals surface area contributed by atoms with E-state index in [0.717, 1.165) is 127 Å². The molecule has 1 aromatic heterocycles. The van der Waals surface area contributed by atoms with Gasteiger partial charge in [-0.3, -0.25) is 43.7 Å². The molecule has 3 saturated carbocycles. The lowest BCUT2D eigenvalue weighted by atomic mass is 9.70. The van der Waals surface area contributed by atoms with Gasteiger partial charge < -0.3 is 44.3 Å². The second-order valence-corrected chi connectivity index (χ2v) is 32.1. The van der Waals surface area contributed by atoms with E-state index in [4.69, 9.17) is 31.2 Å². The van der Waals surface area contributed by atoms with Crippen molar-refractivity contribution < 1.29 is 47.7 Å². The van der Waals surface area contributed by atoms with E-state index in [1.54, 1.807) is 39.0 Å². The number of carbonyl (C=O) groups excluding carboxylic acids is 6. The Morgan fingerprint density at radius 2 is 1.57 bits per heavy atom. The zero-order chi connectivity index (χ0) is 74.9. The molecule has 1 aromatic carbocycles. The molecule has 5 fully saturated rings. The molecule has 8 unspecified atom stereocenters. The number of aromatic nitrogens is 2. The Bertz CT molecular complexity index is 3450. The SMILES string of the molecule is CCc1ccc2c(c1)CCN(C(=O)c1cnc(N3CCN(CCOCCC(=O)N4CCN=CN/C=C(/CNC(=S)OC5CCC(C)(CCC(CC(=O)C(C)/C=C(\C)C(CC(=O)C(C)CC(C)/C=C/C=C/C=C(\C)C(CC6CCCC(C)(C(=O)C=O)O6)OC)C6CC6)C6CC6)CC5)C=NCC4)CC3)nc1)C2. The van der Waals surface area contributed by atoms with E-state index in [1.165, 1.54) is 35.1 Å². The first-order chi connectivity index (χ1) is 50.6. The summed E-state index contributed by atoms with van der Waals surface area (Å²) in [7, 11) is 1.68. The Hall–Kier alpha value is -6.91.